The fourth-order valence-corrected chi connectivity index (χ4v) is 2.44. The molecule has 1 aromatic heterocycles. The third-order valence-electron chi connectivity index (χ3n) is 2.66. The molecule has 0 spiro atoms. The van der Waals surface area contributed by atoms with E-state index in [-0.39, 0.29) is 23.0 Å². The molecule has 1 aromatic carbocycles. The standard InChI is InChI=1S/C12H16N2O5S/c1-8(2)7-18-13-20(16,17)9-4-5-10-11(6-9)19-12(15)14(10)3/h4-6,8,13H,7H2,1-3H3. The molecule has 0 unspecified atom stereocenters. The summed E-state index contributed by atoms with van der Waals surface area (Å²) in [6.07, 6.45) is 0. The fraction of sp³-hybridized carbons (Fsp3) is 0.417. The Bertz CT molecular complexity index is 773. The Morgan fingerprint density at radius 1 is 1.40 bits per heavy atom. The maximum atomic E-state index is 12.0. The molecule has 0 bridgehead atoms. The van der Waals surface area contributed by atoms with Crippen LogP contribution in [-0.2, 0) is 21.9 Å². The van der Waals surface area contributed by atoms with Gasteiger partial charge in [0.15, 0.2) is 5.58 Å². The molecule has 0 atom stereocenters. The Morgan fingerprint density at radius 2 is 2.10 bits per heavy atom. The summed E-state index contributed by atoms with van der Waals surface area (Å²) in [5.74, 6) is -0.342. The van der Waals surface area contributed by atoms with E-state index in [0.29, 0.717) is 5.52 Å². The fourth-order valence-electron chi connectivity index (χ4n) is 1.61. The first kappa shape index (κ1) is 14.8. The summed E-state index contributed by atoms with van der Waals surface area (Å²) in [7, 11) is -2.25. The van der Waals surface area contributed by atoms with Crippen molar-refractivity contribution in [2.24, 2.45) is 13.0 Å². The van der Waals surface area contributed by atoms with Crippen molar-refractivity contribution >= 4 is 21.1 Å². The van der Waals surface area contributed by atoms with Gasteiger partial charge < -0.3 is 4.42 Å². The molecule has 1 N–H and O–H groups in total. The van der Waals surface area contributed by atoms with Gasteiger partial charge in [0.05, 0.1) is 17.0 Å². The first-order valence-corrected chi connectivity index (χ1v) is 7.53. The number of aromatic nitrogens is 1. The van der Waals surface area contributed by atoms with Gasteiger partial charge in [0, 0.05) is 13.1 Å². The van der Waals surface area contributed by atoms with Crippen molar-refractivity contribution in [1.29, 1.82) is 0 Å². The van der Waals surface area contributed by atoms with E-state index in [0.717, 1.165) is 0 Å². The molecule has 0 radical (unpaired) electrons. The zero-order valence-electron chi connectivity index (χ0n) is 11.4. The molecular weight excluding hydrogens is 284 g/mol. The van der Waals surface area contributed by atoms with Gasteiger partial charge in [-0.2, -0.15) is 0 Å². The van der Waals surface area contributed by atoms with Crippen LogP contribution in [0.25, 0.3) is 11.1 Å². The molecule has 0 fully saturated rings. The van der Waals surface area contributed by atoms with Crippen LogP contribution in [0.15, 0.2) is 32.3 Å². The molecule has 2 rings (SSSR count). The number of sulfonamides is 1. The first-order chi connectivity index (χ1) is 9.31. The van der Waals surface area contributed by atoms with Crippen LogP contribution in [0, 0.1) is 5.92 Å². The maximum absolute atomic E-state index is 12.0. The molecule has 20 heavy (non-hydrogen) atoms. The summed E-state index contributed by atoms with van der Waals surface area (Å²) in [6.45, 7) is 4.07. The lowest BCUT2D eigenvalue weighted by molar-refractivity contribution is 0.0719. The Labute approximate surface area is 116 Å². The van der Waals surface area contributed by atoms with Gasteiger partial charge in [-0.3, -0.25) is 9.40 Å². The molecule has 8 heteroatoms. The van der Waals surface area contributed by atoms with Crippen molar-refractivity contribution in [3.63, 3.8) is 0 Å². The number of hydrogen-bond acceptors (Lipinski definition) is 5. The number of aryl methyl sites for hydroxylation is 1. The summed E-state index contributed by atoms with van der Waals surface area (Å²) < 4.78 is 30.2. The maximum Gasteiger partial charge on any atom is 0.419 e. The van der Waals surface area contributed by atoms with Gasteiger partial charge >= 0.3 is 5.76 Å². The summed E-state index contributed by atoms with van der Waals surface area (Å²) in [5.41, 5.74) is 0.737. The molecule has 0 aliphatic carbocycles. The normalized spacial score (nSPS) is 12.4. The van der Waals surface area contributed by atoms with Crippen molar-refractivity contribution in [3.8, 4) is 0 Å². The highest BCUT2D eigenvalue weighted by molar-refractivity contribution is 7.89. The van der Waals surface area contributed by atoms with E-state index >= 15 is 0 Å². The minimum atomic E-state index is -3.79. The number of benzene rings is 1. The molecule has 0 saturated carbocycles. The van der Waals surface area contributed by atoms with Gasteiger partial charge in [-0.05, 0) is 18.1 Å². The molecule has 7 nitrogen and oxygen atoms in total. The second-order valence-corrected chi connectivity index (χ2v) is 6.49. The van der Waals surface area contributed by atoms with Crippen molar-refractivity contribution in [2.75, 3.05) is 6.61 Å². The quantitative estimate of drug-likeness (QED) is 0.832. The molecule has 1 heterocycles. The predicted molar refractivity (Wildman–Crippen MR) is 72.6 cm³/mol. The van der Waals surface area contributed by atoms with Gasteiger partial charge in [-0.15, -0.1) is 0 Å². The molecule has 110 valence electrons. The largest absolute Gasteiger partial charge is 0.419 e. The molecule has 0 saturated heterocycles. The van der Waals surface area contributed by atoms with E-state index in [1.165, 1.54) is 22.8 Å². The molecule has 0 amide bonds. The van der Waals surface area contributed by atoms with E-state index < -0.39 is 15.8 Å². The van der Waals surface area contributed by atoms with Crippen molar-refractivity contribution in [3.05, 3.63) is 28.7 Å². The number of hydrogen-bond donors (Lipinski definition) is 1. The summed E-state index contributed by atoms with van der Waals surface area (Å²) in [6, 6.07) is 4.19. The number of fused-ring (bicyclic) bond motifs is 1. The van der Waals surface area contributed by atoms with Crippen LogP contribution in [-0.4, -0.2) is 19.6 Å². The van der Waals surface area contributed by atoms with Crippen LogP contribution in [0.4, 0.5) is 0 Å². The zero-order valence-corrected chi connectivity index (χ0v) is 12.2. The van der Waals surface area contributed by atoms with E-state index in [9.17, 15) is 13.2 Å². The van der Waals surface area contributed by atoms with E-state index in [1.54, 1.807) is 7.05 Å². The average molecular weight is 300 g/mol. The van der Waals surface area contributed by atoms with Crippen LogP contribution < -0.4 is 10.6 Å². The van der Waals surface area contributed by atoms with Gasteiger partial charge in [0.1, 0.15) is 0 Å². The number of rotatable bonds is 5. The highest BCUT2D eigenvalue weighted by Crippen LogP contribution is 2.17. The van der Waals surface area contributed by atoms with E-state index in [2.05, 4.69) is 0 Å². The van der Waals surface area contributed by atoms with Crippen molar-refractivity contribution in [2.45, 2.75) is 18.7 Å². The smallest absolute Gasteiger partial charge is 0.408 e. The van der Waals surface area contributed by atoms with Crippen LogP contribution in [0.1, 0.15) is 13.8 Å². The van der Waals surface area contributed by atoms with Gasteiger partial charge in [-0.1, -0.05) is 18.7 Å². The van der Waals surface area contributed by atoms with Gasteiger partial charge in [-0.25, -0.2) is 13.2 Å². The highest BCUT2D eigenvalue weighted by atomic mass is 32.2. The zero-order chi connectivity index (χ0) is 14.9. The molecule has 0 aliphatic heterocycles. The second-order valence-electron chi connectivity index (χ2n) is 4.85. The summed E-state index contributed by atoms with van der Waals surface area (Å²) in [5, 5.41) is 0. The summed E-state index contributed by atoms with van der Waals surface area (Å²) >= 11 is 0. The second kappa shape index (κ2) is 5.39. The third kappa shape index (κ3) is 2.92. The summed E-state index contributed by atoms with van der Waals surface area (Å²) in [4.78, 5) is 18.3. The molecule has 0 aliphatic rings. The van der Waals surface area contributed by atoms with Crippen LogP contribution in [0.5, 0.6) is 0 Å². The Balaban J connectivity index is 2.30. The number of nitrogens with zero attached hydrogens (tertiary/aromatic N) is 1. The highest BCUT2D eigenvalue weighted by Gasteiger charge is 2.17. The first-order valence-electron chi connectivity index (χ1n) is 6.04. The lowest BCUT2D eigenvalue weighted by Crippen LogP contribution is -2.25. The Morgan fingerprint density at radius 3 is 2.75 bits per heavy atom. The van der Waals surface area contributed by atoms with Crippen molar-refractivity contribution in [1.82, 2.24) is 9.45 Å². The lowest BCUT2D eigenvalue weighted by Gasteiger charge is -2.08. The number of oxazole rings is 1. The third-order valence-corrected chi connectivity index (χ3v) is 3.87. The van der Waals surface area contributed by atoms with E-state index in [1.807, 2.05) is 18.7 Å². The Hall–Kier alpha value is -1.64. The minimum Gasteiger partial charge on any atom is -0.408 e. The Kier molecular flexibility index (Phi) is 3.98. The predicted octanol–water partition coefficient (Wildman–Crippen LogP) is 0.997. The molecule has 2 aromatic rings. The molecular formula is C12H16N2O5S. The SMILES string of the molecule is CC(C)CONS(=O)(=O)c1ccc2c(c1)oc(=O)n2C. The number of nitrogens with one attached hydrogen (secondary N) is 1. The topological polar surface area (TPSA) is 90.5 Å². The van der Waals surface area contributed by atoms with Crippen molar-refractivity contribution < 1.29 is 17.7 Å². The average Bonchev–Trinajstić information content (AvgIpc) is 2.64. The van der Waals surface area contributed by atoms with Gasteiger partial charge in [0.2, 0.25) is 0 Å². The van der Waals surface area contributed by atoms with Gasteiger partial charge in [0.25, 0.3) is 10.0 Å². The lowest BCUT2D eigenvalue weighted by atomic mass is 10.2. The van der Waals surface area contributed by atoms with E-state index in [4.69, 9.17) is 9.25 Å². The minimum absolute atomic E-state index is 0.0249. The van der Waals surface area contributed by atoms with Crippen LogP contribution in [0.3, 0.4) is 0 Å². The van der Waals surface area contributed by atoms with Crippen LogP contribution in [0.2, 0.25) is 0 Å². The van der Waals surface area contributed by atoms with Crippen LogP contribution >= 0.6 is 0 Å². The monoisotopic (exact) mass is 300 g/mol.